The van der Waals surface area contributed by atoms with E-state index in [2.05, 4.69) is 0 Å². The number of rotatable bonds is 4. The van der Waals surface area contributed by atoms with Crippen molar-refractivity contribution >= 4 is 7.37 Å². The van der Waals surface area contributed by atoms with Gasteiger partial charge in [0.1, 0.15) is 0 Å². The minimum absolute atomic E-state index is 0. The van der Waals surface area contributed by atoms with Gasteiger partial charge in [-0.25, -0.2) is 0 Å². The van der Waals surface area contributed by atoms with E-state index >= 15 is 0 Å². The third kappa shape index (κ3) is 6.98. The van der Waals surface area contributed by atoms with E-state index < -0.39 is 7.37 Å². The summed E-state index contributed by atoms with van der Waals surface area (Å²) in [7, 11) is -2.85. The van der Waals surface area contributed by atoms with Crippen LogP contribution in [0.3, 0.4) is 0 Å². The van der Waals surface area contributed by atoms with Crippen molar-refractivity contribution in [3.05, 3.63) is 0 Å². The molecule has 0 saturated heterocycles. The largest absolute Gasteiger partial charge is 0.396 e. The molecule has 0 spiro atoms. The zero-order valence-electron chi connectivity index (χ0n) is 6.08. The van der Waals surface area contributed by atoms with Gasteiger partial charge in [0.2, 0.25) is 0 Å². The second kappa shape index (κ2) is 6.57. The molecule has 0 aliphatic carbocycles. The molecule has 0 rings (SSSR count). The van der Waals surface area contributed by atoms with Crippen LogP contribution in [0.4, 0.5) is 0 Å². The number of aliphatic hydroxyl groups excluding tert-OH is 1. The van der Waals surface area contributed by atoms with Crippen molar-refractivity contribution in [3.8, 4) is 0 Å². The summed E-state index contributed by atoms with van der Waals surface area (Å²) in [6.07, 6.45) is 0.995. The Hall–Kier alpha value is 0.864. The molecule has 3 nitrogen and oxygen atoms in total. The summed E-state index contributed by atoms with van der Waals surface area (Å²) in [4.78, 5) is 8.90. The predicted octanol–water partition coefficient (Wildman–Crippen LogP) is 0.657. The number of hydrogen-bond donors (Lipinski definition) is 2. The van der Waals surface area contributed by atoms with Crippen molar-refractivity contribution < 1.29 is 36.3 Å². The normalized spacial score (nSPS) is 15.5. The monoisotopic (exact) mass is 200 g/mol. The topological polar surface area (TPSA) is 57.5 Å². The Balaban J connectivity index is 0. The molecule has 2 N–H and O–H groups in total. The molecule has 0 aromatic heterocycles. The molecular formula is C5H13O3PTi. The summed E-state index contributed by atoms with van der Waals surface area (Å²) in [6, 6.07) is 0. The molecule has 0 bridgehead atoms. The molecule has 0 amide bonds. The van der Waals surface area contributed by atoms with Crippen LogP contribution in [0.15, 0.2) is 0 Å². The van der Waals surface area contributed by atoms with Gasteiger partial charge in [-0.2, -0.15) is 0 Å². The fourth-order valence-electron chi connectivity index (χ4n) is 0.476. The minimum atomic E-state index is -2.85. The van der Waals surface area contributed by atoms with Gasteiger partial charge in [-0.3, -0.25) is 4.57 Å². The second-order valence-corrected chi connectivity index (χ2v) is 4.74. The van der Waals surface area contributed by atoms with Gasteiger partial charge in [0.25, 0.3) is 0 Å². The predicted molar refractivity (Wildman–Crippen MR) is 36.9 cm³/mol. The van der Waals surface area contributed by atoms with E-state index in [-0.39, 0.29) is 34.5 Å². The summed E-state index contributed by atoms with van der Waals surface area (Å²) < 4.78 is 10.8. The van der Waals surface area contributed by atoms with Crippen LogP contribution in [0.5, 0.6) is 0 Å². The second-order valence-electron chi connectivity index (χ2n) is 1.96. The number of hydrogen-bond acceptors (Lipinski definition) is 2. The third-order valence-corrected chi connectivity index (χ3v) is 3.16. The molecule has 0 heterocycles. The van der Waals surface area contributed by atoms with Gasteiger partial charge in [0, 0.05) is 40.6 Å². The Morgan fingerprint density at radius 1 is 1.50 bits per heavy atom. The van der Waals surface area contributed by atoms with Gasteiger partial charge in [0.15, 0.2) is 7.37 Å². The zero-order valence-corrected chi connectivity index (χ0v) is 8.53. The first-order valence-electron chi connectivity index (χ1n) is 3.04. The van der Waals surface area contributed by atoms with Gasteiger partial charge >= 0.3 is 0 Å². The molecule has 0 fully saturated rings. The Bertz CT molecular complexity index is 117. The van der Waals surface area contributed by atoms with Gasteiger partial charge < -0.3 is 10.00 Å². The Morgan fingerprint density at radius 2 is 2.00 bits per heavy atom. The molecule has 0 saturated carbocycles. The van der Waals surface area contributed by atoms with Crippen LogP contribution in [0.25, 0.3) is 0 Å². The van der Waals surface area contributed by atoms with Crippen LogP contribution >= 0.6 is 7.37 Å². The van der Waals surface area contributed by atoms with Gasteiger partial charge in [-0.1, -0.05) is 6.92 Å². The summed E-state index contributed by atoms with van der Waals surface area (Å²) in [5.41, 5.74) is 0. The SMILES string of the molecule is CCP(=O)(O)CCCO.[Ti]. The van der Waals surface area contributed by atoms with Gasteiger partial charge in [-0.15, -0.1) is 0 Å². The van der Waals surface area contributed by atoms with Gasteiger partial charge in [-0.05, 0) is 6.42 Å². The van der Waals surface area contributed by atoms with Crippen molar-refractivity contribution in [1.29, 1.82) is 0 Å². The Kier molecular flexibility index (Phi) is 8.83. The molecule has 0 aromatic rings. The Labute approximate surface area is 76.2 Å². The Morgan fingerprint density at radius 3 is 2.30 bits per heavy atom. The van der Waals surface area contributed by atoms with Crippen molar-refractivity contribution in [2.24, 2.45) is 0 Å². The fraction of sp³-hybridized carbons (Fsp3) is 1.00. The standard InChI is InChI=1S/C5H13O3P.Ti/c1-2-9(7,8)5-3-4-6;/h6H,2-5H2,1H3,(H,7,8);. The maximum absolute atomic E-state index is 10.8. The first-order chi connectivity index (χ1) is 4.12. The van der Waals surface area contributed by atoms with E-state index in [4.69, 9.17) is 10.00 Å². The minimum Gasteiger partial charge on any atom is -0.396 e. The maximum atomic E-state index is 10.8. The molecule has 0 aliphatic rings. The molecule has 0 aromatic carbocycles. The van der Waals surface area contributed by atoms with E-state index in [9.17, 15) is 4.57 Å². The average molecular weight is 200 g/mol. The molecule has 60 valence electrons. The molecule has 0 radical (unpaired) electrons. The molecule has 1 atom stereocenters. The van der Waals surface area contributed by atoms with E-state index in [1.807, 2.05) is 0 Å². The number of aliphatic hydroxyl groups is 1. The van der Waals surface area contributed by atoms with Crippen LogP contribution in [0.2, 0.25) is 0 Å². The molecule has 10 heavy (non-hydrogen) atoms. The first-order valence-corrected chi connectivity index (χ1v) is 5.07. The van der Waals surface area contributed by atoms with Crippen molar-refractivity contribution in [2.75, 3.05) is 18.9 Å². The van der Waals surface area contributed by atoms with E-state index in [0.717, 1.165) is 0 Å². The van der Waals surface area contributed by atoms with E-state index in [0.29, 0.717) is 12.6 Å². The molecule has 5 heteroatoms. The van der Waals surface area contributed by atoms with Crippen LogP contribution in [0, 0.1) is 0 Å². The maximum Gasteiger partial charge on any atom is 0.200 e. The van der Waals surface area contributed by atoms with Crippen molar-refractivity contribution in [1.82, 2.24) is 0 Å². The van der Waals surface area contributed by atoms with Crippen LogP contribution < -0.4 is 0 Å². The molecular weight excluding hydrogens is 187 g/mol. The average Bonchev–Trinajstić information content (AvgIpc) is 1.84. The quantitative estimate of drug-likeness (QED) is 0.517. The van der Waals surface area contributed by atoms with Crippen molar-refractivity contribution in [3.63, 3.8) is 0 Å². The molecule has 0 aliphatic heterocycles. The van der Waals surface area contributed by atoms with Crippen LogP contribution in [0.1, 0.15) is 13.3 Å². The van der Waals surface area contributed by atoms with Gasteiger partial charge in [0.05, 0.1) is 0 Å². The van der Waals surface area contributed by atoms with E-state index in [1.54, 1.807) is 6.92 Å². The summed E-state index contributed by atoms with van der Waals surface area (Å²) in [6.45, 7) is 1.68. The first kappa shape index (κ1) is 13.5. The zero-order chi connectivity index (χ0) is 7.33. The fourth-order valence-corrected chi connectivity index (χ4v) is 1.43. The summed E-state index contributed by atoms with van der Waals surface area (Å²) >= 11 is 0. The summed E-state index contributed by atoms with van der Waals surface area (Å²) in [5, 5.41) is 8.29. The van der Waals surface area contributed by atoms with Crippen molar-refractivity contribution in [2.45, 2.75) is 13.3 Å². The van der Waals surface area contributed by atoms with Crippen LogP contribution in [-0.2, 0) is 26.3 Å². The smallest absolute Gasteiger partial charge is 0.200 e. The molecule has 1 unspecified atom stereocenters. The van der Waals surface area contributed by atoms with E-state index in [1.165, 1.54) is 0 Å². The van der Waals surface area contributed by atoms with Crippen LogP contribution in [-0.4, -0.2) is 28.9 Å². The summed E-state index contributed by atoms with van der Waals surface area (Å²) in [5.74, 6) is 0. The third-order valence-electron chi connectivity index (χ3n) is 1.16.